The molecule has 3 N–H and O–H groups in total. The Hall–Kier alpha value is -2.04. The van der Waals surface area contributed by atoms with Gasteiger partial charge in [0.2, 0.25) is 5.91 Å². The molecule has 0 aromatic heterocycles. The lowest BCUT2D eigenvalue weighted by atomic mass is 10.2. The molecule has 5 heteroatoms. The van der Waals surface area contributed by atoms with E-state index >= 15 is 0 Å². The molecule has 5 nitrogen and oxygen atoms in total. The molecule has 1 aromatic rings. The van der Waals surface area contributed by atoms with E-state index in [0.29, 0.717) is 5.69 Å². The van der Waals surface area contributed by atoms with Gasteiger partial charge in [-0.15, -0.1) is 0 Å². The Morgan fingerprint density at radius 2 is 2.00 bits per heavy atom. The highest BCUT2D eigenvalue weighted by Crippen LogP contribution is 2.23. The zero-order valence-electron chi connectivity index (χ0n) is 8.86. The first-order valence-electron chi connectivity index (χ1n) is 4.80. The first kappa shape index (κ1) is 12.0. The molecule has 1 amide bonds. The van der Waals surface area contributed by atoms with Crippen molar-refractivity contribution < 1.29 is 19.8 Å². The third-order valence-electron chi connectivity index (χ3n) is 1.99. The summed E-state index contributed by atoms with van der Waals surface area (Å²) >= 11 is 0. The molecule has 0 aliphatic rings. The van der Waals surface area contributed by atoms with Gasteiger partial charge in [0.1, 0.15) is 5.75 Å². The normalized spacial score (nSPS) is 9.81. The van der Waals surface area contributed by atoms with Gasteiger partial charge in [-0.3, -0.25) is 9.59 Å². The fourth-order valence-corrected chi connectivity index (χ4v) is 1.18. The van der Waals surface area contributed by atoms with Crippen molar-refractivity contribution in [2.45, 2.75) is 19.8 Å². The number of phenols is 1. The maximum Gasteiger partial charge on any atom is 0.303 e. The van der Waals surface area contributed by atoms with Gasteiger partial charge < -0.3 is 15.5 Å². The summed E-state index contributed by atoms with van der Waals surface area (Å²) in [4.78, 5) is 21.5. The van der Waals surface area contributed by atoms with Crippen LogP contribution >= 0.6 is 0 Å². The van der Waals surface area contributed by atoms with Crippen molar-refractivity contribution in [1.82, 2.24) is 0 Å². The van der Waals surface area contributed by atoms with Gasteiger partial charge in [0.15, 0.2) is 0 Å². The van der Waals surface area contributed by atoms with Gasteiger partial charge in [-0.05, 0) is 24.6 Å². The van der Waals surface area contributed by atoms with Crippen LogP contribution in [0.2, 0.25) is 0 Å². The number of carboxylic acid groups (broad SMARTS) is 1. The molecule has 1 rings (SSSR count). The fraction of sp³-hybridized carbons (Fsp3) is 0.273. The Morgan fingerprint density at radius 3 is 2.56 bits per heavy atom. The van der Waals surface area contributed by atoms with Crippen molar-refractivity contribution in [2.75, 3.05) is 5.32 Å². The van der Waals surface area contributed by atoms with E-state index in [4.69, 9.17) is 5.11 Å². The number of carbonyl (C=O) groups excluding carboxylic acids is 1. The van der Waals surface area contributed by atoms with Crippen molar-refractivity contribution in [3.63, 3.8) is 0 Å². The van der Waals surface area contributed by atoms with Crippen LogP contribution in [-0.4, -0.2) is 22.1 Å². The SMILES string of the molecule is Cc1ccc(NC(=O)CCC(=O)O)c(O)c1. The van der Waals surface area contributed by atoms with Gasteiger partial charge in [-0.2, -0.15) is 0 Å². The van der Waals surface area contributed by atoms with E-state index in [-0.39, 0.29) is 18.6 Å². The van der Waals surface area contributed by atoms with E-state index < -0.39 is 11.9 Å². The minimum atomic E-state index is -1.02. The maximum absolute atomic E-state index is 11.3. The van der Waals surface area contributed by atoms with Crippen LogP contribution in [0.1, 0.15) is 18.4 Å². The van der Waals surface area contributed by atoms with Crippen molar-refractivity contribution in [3.8, 4) is 5.75 Å². The zero-order chi connectivity index (χ0) is 12.1. The lowest BCUT2D eigenvalue weighted by Gasteiger charge is -2.07. The molecule has 1 aromatic carbocycles. The van der Waals surface area contributed by atoms with Crippen LogP contribution in [0.5, 0.6) is 5.75 Å². The van der Waals surface area contributed by atoms with Crippen molar-refractivity contribution >= 4 is 17.6 Å². The monoisotopic (exact) mass is 223 g/mol. The number of benzene rings is 1. The van der Waals surface area contributed by atoms with Gasteiger partial charge in [0, 0.05) is 6.42 Å². The van der Waals surface area contributed by atoms with Crippen LogP contribution < -0.4 is 5.32 Å². The van der Waals surface area contributed by atoms with E-state index in [9.17, 15) is 14.7 Å². The lowest BCUT2D eigenvalue weighted by molar-refractivity contribution is -0.138. The number of aliphatic carboxylic acids is 1. The molecule has 0 saturated heterocycles. The number of hydrogen-bond donors (Lipinski definition) is 3. The minimum Gasteiger partial charge on any atom is -0.506 e. The summed E-state index contributed by atoms with van der Waals surface area (Å²) in [6.45, 7) is 1.82. The largest absolute Gasteiger partial charge is 0.506 e. The smallest absolute Gasteiger partial charge is 0.303 e. The van der Waals surface area contributed by atoms with Gasteiger partial charge in [0.25, 0.3) is 0 Å². The predicted molar refractivity (Wildman–Crippen MR) is 58.3 cm³/mol. The van der Waals surface area contributed by atoms with Crippen LogP contribution in [-0.2, 0) is 9.59 Å². The van der Waals surface area contributed by atoms with E-state index in [1.165, 1.54) is 6.07 Å². The molecular weight excluding hydrogens is 210 g/mol. The number of nitrogens with one attached hydrogen (secondary N) is 1. The number of aryl methyl sites for hydroxylation is 1. The second kappa shape index (κ2) is 5.16. The van der Waals surface area contributed by atoms with Crippen molar-refractivity contribution in [3.05, 3.63) is 23.8 Å². The molecule has 0 heterocycles. The first-order chi connectivity index (χ1) is 7.49. The second-order valence-electron chi connectivity index (χ2n) is 3.46. The number of phenolic OH excluding ortho intramolecular Hbond substituents is 1. The van der Waals surface area contributed by atoms with Crippen molar-refractivity contribution in [1.29, 1.82) is 0 Å². The quantitative estimate of drug-likeness (QED) is 0.675. The van der Waals surface area contributed by atoms with Gasteiger partial charge in [-0.25, -0.2) is 0 Å². The Labute approximate surface area is 92.7 Å². The van der Waals surface area contributed by atoms with E-state index in [1.807, 2.05) is 6.92 Å². The first-order valence-corrected chi connectivity index (χ1v) is 4.80. The van der Waals surface area contributed by atoms with Crippen LogP contribution in [0.25, 0.3) is 0 Å². The van der Waals surface area contributed by atoms with E-state index in [1.54, 1.807) is 12.1 Å². The van der Waals surface area contributed by atoms with Crippen LogP contribution in [0, 0.1) is 6.92 Å². The topological polar surface area (TPSA) is 86.6 Å². The zero-order valence-corrected chi connectivity index (χ0v) is 8.86. The van der Waals surface area contributed by atoms with Gasteiger partial charge in [0.05, 0.1) is 12.1 Å². The molecule has 0 aliphatic carbocycles. The fourth-order valence-electron chi connectivity index (χ4n) is 1.18. The van der Waals surface area contributed by atoms with Crippen molar-refractivity contribution in [2.24, 2.45) is 0 Å². The highest BCUT2D eigenvalue weighted by atomic mass is 16.4. The molecule has 16 heavy (non-hydrogen) atoms. The third-order valence-corrected chi connectivity index (χ3v) is 1.99. The van der Waals surface area contributed by atoms with Crippen LogP contribution in [0.4, 0.5) is 5.69 Å². The minimum absolute atomic E-state index is 0.0244. The number of amides is 1. The van der Waals surface area contributed by atoms with Gasteiger partial charge >= 0.3 is 5.97 Å². The molecule has 0 atom stereocenters. The standard InChI is InChI=1S/C11H13NO4/c1-7-2-3-8(9(13)6-7)12-10(14)4-5-11(15)16/h2-3,6,13H,4-5H2,1H3,(H,12,14)(H,15,16). The summed E-state index contributed by atoms with van der Waals surface area (Å²) in [6, 6.07) is 4.84. The average molecular weight is 223 g/mol. The highest BCUT2D eigenvalue weighted by molar-refractivity contribution is 5.93. The Balaban J connectivity index is 2.59. The highest BCUT2D eigenvalue weighted by Gasteiger charge is 2.08. The number of anilines is 1. The molecular formula is C11H13NO4. The molecule has 0 saturated carbocycles. The summed E-state index contributed by atoms with van der Waals surface area (Å²) in [5.74, 6) is -1.48. The van der Waals surface area contributed by atoms with Crippen LogP contribution in [0.15, 0.2) is 18.2 Å². The van der Waals surface area contributed by atoms with Gasteiger partial charge in [-0.1, -0.05) is 6.07 Å². The summed E-state index contributed by atoms with van der Waals surface area (Å²) in [5.41, 5.74) is 1.17. The lowest BCUT2D eigenvalue weighted by Crippen LogP contribution is -2.13. The Bertz CT molecular complexity index is 414. The average Bonchev–Trinajstić information content (AvgIpc) is 2.19. The Kier molecular flexibility index (Phi) is 3.88. The van der Waals surface area contributed by atoms with E-state index in [2.05, 4.69) is 5.32 Å². The second-order valence-corrected chi connectivity index (χ2v) is 3.46. The number of carboxylic acids is 1. The molecule has 86 valence electrons. The molecule has 0 aliphatic heterocycles. The molecule has 0 bridgehead atoms. The number of carbonyl (C=O) groups is 2. The summed E-state index contributed by atoms with van der Waals surface area (Å²) in [5, 5.41) is 20.3. The molecule has 0 unspecified atom stereocenters. The maximum atomic E-state index is 11.3. The number of aromatic hydroxyl groups is 1. The molecule has 0 fully saturated rings. The Morgan fingerprint density at radius 1 is 1.31 bits per heavy atom. The third kappa shape index (κ3) is 3.61. The number of rotatable bonds is 4. The molecule has 0 radical (unpaired) electrons. The van der Waals surface area contributed by atoms with E-state index in [0.717, 1.165) is 5.56 Å². The van der Waals surface area contributed by atoms with Crippen LogP contribution in [0.3, 0.4) is 0 Å². The summed E-state index contributed by atoms with van der Waals surface area (Å²) in [6.07, 6.45) is -0.332. The summed E-state index contributed by atoms with van der Waals surface area (Å²) in [7, 11) is 0. The molecule has 0 spiro atoms. The number of hydrogen-bond acceptors (Lipinski definition) is 3. The predicted octanol–water partition coefficient (Wildman–Crippen LogP) is 1.50. The summed E-state index contributed by atoms with van der Waals surface area (Å²) < 4.78 is 0.